The number of aromatic carboxylic acids is 1. The highest BCUT2D eigenvalue weighted by atomic mass is 32.2. The average molecular weight is 299 g/mol. The Hall–Kier alpha value is -1.51. The molecule has 0 radical (unpaired) electrons. The predicted octanol–water partition coefficient (Wildman–Crippen LogP) is 0.104. The molecule has 20 heavy (non-hydrogen) atoms. The Kier molecular flexibility index (Phi) is 4.07. The van der Waals surface area contributed by atoms with Crippen LogP contribution in [-0.2, 0) is 10.0 Å². The van der Waals surface area contributed by atoms with Gasteiger partial charge in [0.15, 0.2) is 5.03 Å². The summed E-state index contributed by atoms with van der Waals surface area (Å²) in [4.78, 5) is 16.6. The molecule has 0 aliphatic carbocycles. The number of sulfonamides is 1. The maximum absolute atomic E-state index is 12.4. The van der Waals surface area contributed by atoms with Gasteiger partial charge in [0, 0.05) is 31.9 Å². The second-order valence-corrected chi connectivity index (χ2v) is 6.77. The summed E-state index contributed by atoms with van der Waals surface area (Å²) >= 11 is 0. The van der Waals surface area contributed by atoms with E-state index in [1.54, 1.807) is 0 Å². The highest BCUT2D eigenvalue weighted by Gasteiger charge is 2.31. The molecule has 0 amide bonds. The summed E-state index contributed by atoms with van der Waals surface area (Å²) in [5.41, 5.74) is -0.0318. The Morgan fingerprint density at radius 1 is 1.40 bits per heavy atom. The number of aromatic nitrogens is 1. The smallest absolute Gasteiger partial charge is 0.337 e. The van der Waals surface area contributed by atoms with E-state index in [0.717, 1.165) is 6.20 Å². The topological polar surface area (TPSA) is 90.8 Å². The lowest BCUT2D eigenvalue weighted by molar-refractivity contribution is 0.0696. The van der Waals surface area contributed by atoms with E-state index >= 15 is 0 Å². The standard InChI is InChI=1S/C12H17N3O4S/c1-9-8-15(6-5-14(9)2)20(18,19)11-4-3-10(7-13-11)12(16)17/h3-4,7,9H,5-6,8H2,1-2H3,(H,16,17). The number of carboxylic acids is 1. The van der Waals surface area contributed by atoms with Crippen LogP contribution in [0.25, 0.3) is 0 Å². The van der Waals surface area contributed by atoms with Gasteiger partial charge >= 0.3 is 5.97 Å². The molecule has 0 spiro atoms. The summed E-state index contributed by atoms with van der Waals surface area (Å²) in [7, 11) is -1.71. The molecule has 8 heteroatoms. The third-order valence-corrected chi connectivity index (χ3v) is 5.29. The minimum Gasteiger partial charge on any atom is -0.478 e. The minimum atomic E-state index is -3.66. The van der Waals surface area contributed by atoms with Crippen LogP contribution in [0, 0.1) is 0 Å². The fraction of sp³-hybridized carbons (Fsp3) is 0.500. The van der Waals surface area contributed by atoms with Crippen LogP contribution in [0.1, 0.15) is 17.3 Å². The van der Waals surface area contributed by atoms with Gasteiger partial charge in [-0.1, -0.05) is 0 Å². The van der Waals surface area contributed by atoms with E-state index in [-0.39, 0.29) is 16.6 Å². The summed E-state index contributed by atoms with van der Waals surface area (Å²) in [5.74, 6) is -1.13. The summed E-state index contributed by atoms with van der Waals surface area (Å²) < 4.78 is 26.2. The van der Waals surface area contributed by atoms with Crippen LogP contribution in [-0.4, -0.2) is 66.4 Å². The summed E-state index contributed by atoms with van der Waals surface area (Å²) in [6.07, 6.45) is 1.06. The summed E-state index contributed by atoms with van der Waals surface area (Å²) in [6.45, 7) is 3.43. The van der Waals surface area contributed by atoms with Crippen molar-refractivity contribution in [1.82, 2.24) is 14.2 Å². The Morgan fingerprint density at radius 2 is 2.10 bits per heavy atom. The van der Waals surface area contributed by atoms with Crippen LogP contribution in [0.2, 0.25) is 0 Å². The number of rotatable bonds is 3. The molecule has 1 aliphatic rings. The Labute approximate surface area is 117 Å². The van der Waals surface area contributed by atoms with Gasteiger partial charge in [-0.2, -0.15) is 4.31 Å². The molecule has 1 N–H and O–H groups in total. The Balaban J connectivity index is 2.24. The van der Waals surface area contributed by atoms with Gasteiger partial charge in [0.2, 0.25) is 0 Å². The van der Waals surface area contributed by atoms with Gasteiger partial charge in [0.05, 0.1) is 5.56 Å². The zero-order chi connectivity index (χ0) is 14.9. The van der Waals surface area contributed by atoms with Gasteiger partial charge in [-0.05, 0) is 26.1 Å². The molecule has 2 rings (SSSR count). The molecule has 7 nitrogen and oxygen atoms in total. The highest BCUT2D eigenvalue weighted by molar-refractivity contribution is 7.89. The first-order chi connectivity index (χ1) is 9.32. The van der Waals surface area contributed by atoms with Crippen molar-refractivity contribution in [3.8, 4) is 0 Å². The molecule has 2 heterocycles. The molecule has 1 saturated heterocycles. The van der Waals surface area contributed by atoms with Gasteiger partial charge in [-0.3, -0.25) is 0 Å². The van der Waals surface area contributed by atoms with Crippen LogP contribution in [0.15, 0.2) is 23.4 Å². The minimum absolute atomic E-state index is 0.0318. The second-order valence-electron chi connectivity index (χ2n) is 4.88. The van der Waals surface area contributed by atoms with Gasteiger partial charge in [-0.25, -0.2) is 18.2 Å². The van der Waals surface area contributed by atoms with Crippen molar-refractivity contribution in [2.75, 3.05) is 26.7 Å². The van der Waals surface area contributed by atoms with E-state index in [1.165, 1.54) is 16.4 Å². The zero-order valence-corrected chi connectivity index (χ0v) is 12.2. The van der Waals surface area contributed by atoms with E-state index in [0.29, 0.717) is 19.6 Å². The number of carboxylic acid groups (broad SMARTS) is 1. The van der Waals surface area contributed by atoms with Crippen LogP contribution >= 0.6 is 0 Å². The van der Waals surface area contributed by atoms with E-state index < -0.39 is 16.0 Å². The number of hydrogen-bond acceptors (Lipinski definition) is 5. The van der Waals surface area contributed by atoms with Crippen molar-refractivity contribution in [2.45, 2.75) is 18.0 Å². The van der Waals surface area contributed by atoms with Gasteiger partial charge < -0.3 is 10.0 Å². The normalized spacial score (nSPS) is 21.8. The van der Waals surface area contributed by atoms with Crippen molar-refractivity contribution in [2.24, 2.45) is 0 Å². The number of piperazine rings is 1. The second kappa shape index (κ2) is 5.47. The van der Waals surface area contributed by atoms with Crippen molar-refractivity contribution in [3.05, 3.63) is 23.9 Å². The Morgan fingerprint density at radius 3 is 2.60 bits per heavy atom. The molecule has 1 unspecified atom stereocenters. The van der Waals surface area contributed by atoms with Crippen LogP contribution in [0.4, 0.5) is 0 Å². The molecule has 1 aliphatic heterocycles. The van der Waals surface area contributed by atoms with Crippen LogP contribution in [0.5, 0.6) is 0 Å². The molecule has 0 saturated carbocycles. The van der Waals surface area contributed by atoms with Gasteiger partial charge in [-0.15, -0.1) is 0 Å². The maximum atomic E-state index is 12.4. The molecule has 1 aromatic heterocycles. The molecular weight excluding hydrogens is 282 g/mol. The van der Waals surface area contributed by atoms with Crippen molar-refractivity contribution in [3.63, 3.8) is 0 Å². The zero-order valence-electron chi connectivity index (χ0n) is 11.4. The summed E-state index contributed by atoms with van der Waals surface area (Å²) in [5, 5.41) is 8.67. The summed E-state index contributed by atoms with van der Waals surface area (Å²) in [6, 6.07) is 2.63. The number of likely N-dealkylation sites (N-methyl/N-ethyl adjacent to an activating group) is 1. The van der Waals surface area contributed by atoms with E-state index in [9.17, 15) is 13.2 Å². The fourth-order valence-electron chi connectivity index (χ4n) is 2.03. The maximum Gasteiger partial charge on any atom is 0.337 e. The number of carbonyl (C=O) groups is 1. The lowest BCUT2D eigenvalue weighted by Crippen LogP contribution is -2.51. The first-order valence-corrected chi connectivity index (χ1v) is 7.66. The van der Waals surface area contributed by atoms with Crippen molar-refractivity contribution >= 4 is 16.0 Å². The first kappa shape index (κ1) is 14.9. The van der Waals surface area contributed by atoms with Gasteiger partial charge in [0.25, 0.3) is 10.0 Å². The Bertz CT molecular complexity index is 600. The first-order valence-electron chi connectivity index (χ1n) is 6.22. The molecular formula is C12H17N3O4S. The SMILES string of the molecule is CC1CN(S(=O)(=O)c2ccc(C(=O)O)cn2)CCN1C. The fourth-order valence-corrected chi connectivity index (χ4v) is 3.45. The monoisotopic (exact) mass is 299 g/mol. The predicted molar refractivity (Wildman–Crippen MR) is 72.0 cm³/mol. The largest absolute Gasteiger partial charge is 0.478 e. The molecule has 1 aromatic rings. The van der Waals surface area contributed by atoms with E-state index in [2.05, 4.69) is 9.88 Å². The van der Waals surface area contributed by atoms with E-state index in [4.69, 9.17) is 5.11 Å². The lowest BCUT2D eigenvalue weighted by Gasteiger charge is -2.36. The van der Waals surface area contributed by atoms with Crippen molar-refractivity contribution in [1.29, 1.82) is 0 Å². The molecule has 0 bridgehead atoms. The molecule has 0 aromatic carbocycles. The third kappa shape index (κ3) is 2.82. The quantitative estimate of drug-likeness (QED) is 0.851. The van der Waals surface area contributed by atoms with Gasteiger partial charge in [0.1, 0.15) is 0 Å². The number of pyridine rings is 1. The molecule has 1 fully saturated rings. The number of nitrogens with zero attached hydrogens (tertiary/aromatic N) is 3. The van der Waals surface area contributed by atoms with Crippen LogP contribution < -0.4 is 0 Å². The third-order valence-electron chi connectivity index (χ3n) is 3.51. The highest BCUT2D eigenvalue weighted by Crippen LogP contribution is 2.18. The molecule has 110 valence electrons. The average Bonchev–Trinajstić information content (AvgIpc) is 2.41. The van der Waals surface area contributed by atoms with E-state index in [1.807, 2.05) is 14.0 Å². The van der Waals surface area contributed by atoms with Crippen molar-refractivity contribution < 1.29 is 18.3 Å². The van der Waals surface area contributed by atoms with Crippen LogP contribution in [0.3, 0.4) is 0 Å². The number of hydrogen-bond donors (Lipinski definition) is 1. The lowest BCUT2D eigenvalue weighted by atomic mass is 10.2. The molecule has 1 atom stereocenters.